The number of alkyl halides is 6. The maximum Gasteiger partial charge on any atom is 0.229 e. The van der Waals surface area contributed by atoms with Crippen LogP contribution in [0.4, 0.5) is 26.3 Å². The van der Waals surface area contributed by atoms with Crippen molar-refractivity contribution in [1.82, 2.24) is 0 Å². The van der Waals surface area contributed by atoms with E-state index < -0.39 is 13.9 Å². The van der Waals surface area contributed by atoms with Crippen LogP contribution in [0.25, 0.3) is 10.8 Å². The highest BCUT2D eigenvalue weighted by Crippen LogP contribution is 2.18. The van der Waals surface area contributed by atoms with Gasteiger partial charge in [0, 0.05) is 0 Å². The quantitative estimate of drug-likeness (QED) is 0.274. The van der Waals surface area contributed by atoms with Crippen molar-refractivity contribution in [1.29, 1.82) is 0 Å². The zero-order chi connectivity index (χ0) is 27.6. The number of rotatable bonds is 2. The minimum absolute atomic E-state index is 0. The van der Waals surface area contributed by atoms with E-state index in [1.807, 2.05) is 33.8 Å². The maximum atomic E-state index is 9.62. The van der Waals surface area contributed by atoms with Gasteiger partial charge < -0.3 is 0 Å². The van der Waals surface area contributed by atoms with E-state index >= 15 is 0 Å². The molecule has 0 aliphatic carbocycles. The van der Waals surface area contributed by atoms with E-state index in [1.54, 1.807) is 0 Å². The summed E-state index contributed by atoms with van der Waals surface area (Å²) in [6.45, 7) is 8.86. The molecule has 0 fully saturated rings. The topological polar surface area (TPSA) is 0 Å². The maximum absolute atomic E-state index is 9.62. The molecule has 6 heteroatoms. The number of fused-ring (bicyclic) bond motifs is 1. The first-order valence-corrected chi connectivity index (χ1v) is 11.2. The molecule has 230 valence electrons. The standard InChI is InChI=1S/C12H12.C8H10.2C2H6.2CH2F2.2CH3F.4CH4/c1-2-10-7-5-8-11-6-3-4-9-12(10)11;1-2-8-6-4-3-5-7-8;2*1-2;2*2-1-3;2*1-2;;;;/h3-9H,2H2,1H3;3-7H,2H2,1H3;2*1-2H3;2*1H2;2*1H3;4*1H4. The SMILES string of the molecule is C.C.C.C.CC.CC.CCc1cccc2ccccc12.CCc1ccccc1.CF.CF.FCF.FCF. The molecule has 0 amide bonds. The molecule has 0 unspecified atom stereocenters. The van der Waals surface area contributed by atoms with Crippen LogP contribution in [0.5, 0.6) is 0 Å². The van der Waals surface area contributed by atoms with E-state index in [9.17, 15) is 26.3 Å². The third-order valence-electron chi connectivity index (χ3n) is 3.51. The molecule has 0 saturated carbocycles. The monoisotopic (exact) mass is 558 g/mol. The third-order valence-corrected chi connectivity index (χ3v) is 3.51. The number of hydrogen-bond donors (Lipinski definition) is 0. The summed E-state index contributed by atoms with van der Waals surface area (Å²) in [7, 11) is 1.00. The smallest absolute Gasteiger partial charge is 0.229 e. The molecule has 0 aromatic heterocycles. The van der Waals surface area contributed by atoms with Gasteiger partial charge in [0.2, 0.25) is 13.9 Å². The molecule has 0 saturated heterocycles. The van der Waals surface area contributed by atoms with Gasteiger partial charge in [-0.15, -0.1) is 0 Å². The number of aryl methyl sites for hydroxylation is 2. The molecule has 0 nitrogen and oxygen atoms in total. The fraction of sp³-hybridized carbons (Fsp3) is 0.500. The number of halogens is 6. The van der Waals surface area contributed by atoms with Crippen LogP contribution in [-0.4, -0.2) is 28.2 Å². The van der Waals surface area contributed by atoms with Crippen LogP contribution in [0.1, 0.15) is 82.4 Å². The van der Waals surface area contributed by atoms with Crippen LogP contribution in [0.15, 0.2) is 72.8 Å². The Kier molecular flexibility index (Phi) is 94.3. The summed E-state index contributed by atoms with van der Waals surface area (Å²) in [5.74, 6) is 0. The average Bonchev–Trinajstić information content (AvgIpc) is 2.94. The minimum atomic E-state index is -1.75. The molecule has 0 heterocycles. The van der Waals surface area contributed by atoms with Crippen LogP contribution >= 0.6 is 0 Å². The molecule has 0 radical (unpaired) electrons. The van der Waals surface area contributed by atoms with E-state index in [4.69, 9.17) is 0 Å². The van der Waals surface area contributed by atoms with Crippen molar-refractivity contribution in [3.8, 4) is 0 Å². The van der Waals surface area contributed by atoms with Crippen LogP contribution in [0.3, 0.4) is 0 Å². The molecule has 0 atom stereocenters. The first kappa shape index (κ1) is 60.2. The predicted octanol–water partition coefficient (Wildman–Crippen LogP) is 13.2. The molecule has 0 aliphatic heterocycles. The molecule has 0 N–H and O–H groups in total. The van der Waals surface area contributed by atoms with Gasteiger partial charge >= 0.3 is 0 Å². The molecular weight excluding hydrogens is 498 g/mol. The first-order chi connectivity index (χ1) is 16.7. The van der Waals surface area contributed by atoms with Crippen molar-refractivity contribution in [2.45, 2.75) is 84.1 Å². The van der Waals surface area contributed by atoms with Gasteiger partial charge in [0.05, 0.1) is 14.4 Å². The lowest BCUT2D eigenvalue weighted by Crippen LogP contribution is -1.81. The Morgan fingerprint density at radius 2 is 0.816 bits per heavy atom. The highest BCUT2D eigenvalue weighted by Gasteiger charge is 1.95. The summed E-state index contributed by atoms with van der Waals surface area (Å²) in [4.78, 5) is 0. The van der Waals surface area contributed by atoms with Crippen LogP contribution < -0.4 is 0 Å². The van der Waals surface area contributed by atoms with Crippen molar-refractivity contribution >= 4 is 10.8 Å². The Hall–Kier alpha value is -2.50. The second kappa shape index (κ2) is 59.5. The lowest BCUT2D eigenvalue weighted by molar-refractivity contribution is 0.295. The van der Waals surface area contributed by atoms with E-state index in [2.05, 4.69) is 80.6 Å². The van der Waals surface area contributed by atoms with Gasteiger partial charge in [-0.25, -0.2) is 17.6 Å². The van der Waals surface area contributed by atoms with Crippen molar-refractivity contribution in [3.05, 3.63) is 83.9 Å². The molecule has 0 bridgehead atoms. The average molecular weight is 559 g/mol. The molecular formula is C32H60F6. The zero-order valence-electron chi connectivity index (χ0n) is 22.0. The third kappa shape index (κ3) is 38.0. The van der Waals surface area contributed by atoms with Crippen molar-refractivity contribution in [2.24, 2.45) is 0 Å². The Labute approximate surface area is 233 Å². The van der Waals surface area contributed by atoms with E-state index in [-0.39, 0.29) is 29.7 Å². The van der Waals surface area contributed by atoms with E-state index in [0.717, 1.165) is 12.8 Å². The summed E-state index contributed by atoms with van der Waals surface area (Å²) >= 11 is 0. The van der Waals surface area contributed by atoms with Crippen molar-refractivity contribution in [3.63, 3.8) is 0 Å². The van der Waals surface area contributed by atoms with Gasteiger partial charge in [-0.2, -0.15) is 0 Å². The highest BCUT2D eigenvalue weighted by molar-refractivity contribution is 5.85. The highest BCUT2D eigenvalue weighted by atomic mass is 19.3. The fourth-order valence-corrected chi connectivity index (χ4v) is 2.31. The Morgan fingerprint density at radius 1 is 0.474 bits per heavy atom. The predicted molar refractivity (Wildman–Crippen MR) is 167 cm³/mol. The second-order valence-corrected chi connectivity index (χ2v) is 5.03. The molecule has 3 aromatic rings. The summed E-state index contributed by atoms with van der Waals surface area (Å²) in [5, 5.41) is 2.74. The van der Waals surface area contributed by atoms with Gasteiger partial charge in [0.25, 0.3) is 0 Å². The Balaban J connectivity index is -0.0000000411. The van der Waals surface area contributed by atoms with Crippen LogP contribution in [0.2, 0.25) is 0 Å². The number of hydrogen-bond acceptors (Lipinski definition) is 0. The van der Waals surface area contributed by atoms with E-state index in [1.165, 1.54) is 21.9 Å². The van der Waals surface area contributed by atoms with E-state index in [0.29, 0.717) is 14.4 Å². The first-order valence-electron chi connectivity index (χ1n) is 11.2. The largest absolute Gasteiger partial charge is 0.255 e. The minimum Gasteiger partial charge on any atom is -0.255 e. The summed E-state index contributed by atoms with van der Waals surface area (Å²) < 4.78 is 57.5. The lowest BCUT2D eigenvalue weighted by atomic mass is 10.0. The van der Waals surface area contributed by atoms with Gasteiger partial charge in [0.1, 0.15) is 0 Å². The van der Waals surface area contributed by atoms with Crippen molar-refractivity contribution in [2.75, 3.05) is 28.2 Å². The molecule has 0 aliphatic rings. The Bertz CT molecular complexity index is 684. The second-order valence-electron chi connectivity index (χ2n) is 5.03. The fourth-order valence-electron chi connectivity index (χ4n) is 2.31. The van der Waals surface area contributed by atoms with Gasteiger partial charge in [0.15, 0.2) is 0 Å². The Morgan fingerprint density at radius 3 is 1.16 bits per heavy atom. The van der Waals surface area contributed by atoms with Gasteiger partial charge in [-0.1, -0.05) is 144 Å². The lowest BCUT2D eigenvalue weighted by Gasteiger charge is -2.02. The normalized spacial score (nSPS) is 6.79. The van der Waals surface area contributed by atoms with Crippen molar-refractivity contribution < 1.29 is 26.3 Å². The molecule has 0 spiro atoms. The van der Waals surface area contributed by atoms with Crippen LogP contribution in [0, 0.1) is 0 Å². The molecule has 3 rings (SSSR count). The number of benzene rings is 3. The zero-order valence-corrected chi connectivity index (χ0v) is 22.0. The van der Waals surface area contributed by atoms with Gasteiger partial charge in [-0.05, 0) is 34.7 Å². The molecule has 38 heavy (non-hydrogen) atoms. The van der Waals surface area contributed by atoms with Gasteiger partial charge in [-0.3, -0.25) is 8.78 Å². The summed E-state index contributed by atoms with van der Waals surface area (Å²) in [5.41, 5.74) is 2.85. The summed E-state index contributed by atoms with van der Waals surface area (Å²) in [6.07, 6.45) is 2.25. The van der Waals surface area contributed by atoms with Crippen LogP contribution in [-0.2, 0) is 12.8 Å². The molecule has 3 aromatic carbocycles. The summed E-state index contributed by atoms with van der Waals surface area (Å²) in [6, 6.07) is 25.5.